The SMILES string of the molecule is O=C(/C=C/c1ccccc1)NCc1cn2cc(Cl)ccc2n1. The number of pyridine rings is 1. The molecule has 3 rings (SSSR count). The molecule has 0 saturated carbocycles. The summed E-state index contributed by atoms with van der Waals surface area (Å²) in [4.78, 5) is 16.2. The van der Waals surface area contributed by atoms with Crippen LogP contribution in [0.1, 0.15) is 11.3 Å². The monoisotopic (exact) mass is 311 g/mol. The number of benzene rings is 1. The van der Waals surface area contributed by atoms with E-state index in [1.165, 1.54) is 6.08 Å². The predicted octanol–water partition coefficient (Wildman–Crippen LogP) is 3.32. The Morgan fingerprint density at radius 3 is 2.82 bits per heavy atom. The largest absolute Gasteiger partial charge is 0.347 e. The lowest BCUT2D eigenvalue weighted by Gasteiger charge is -1.98. The highest BCUT2D eigenvalue weighted by molar-refractivity contribution is 6.30. The molecule has 0 aliphatic carbocycles. The van der Waals surface area contributed by atoms with Gasteiger partial charge in [-0.25, -0.2) is 4.98 Å². The number of hydrogen-bond donors (Lipinski definition) is 1. The first kappa shape index (κ1) is 14.4. The van der Waals surface area contributed by atoms with E-state index in [1.807, 2.05) is 47.0 Å². The molecular formula is C17H14ClN3O. The second-order valence-corrected chi connectivity index (χ2v) is 5.24. The maximum atomic E-state index is 11.8. The quantitative estimate of drug-likeness (QED) is 0.751. The summed E-state index contributed by atoms with van der Waals surface area (Å²) in [5.74, 6) is -0.154. The molecule has 0 saturated heterocycles. The van der Waals surface area contributed by atoms with Gasteiger partial charge in [-0.05, 0) is 23.8 Å². The topological polar surface area (TPSA) is 46.4 Å². The van der Waals surface area contributed by atoms with Crippen LogP contribution in [0.5, 0.6) is 0 Å². The molecule has 0 unspecified atom stereocenters. The second kappa shape index (κ2) is 6.45. The van der Waals surface area contributed by atoms with Crippen molar-refractivity contribution in [2.24, 2.45) is 0 Å². The highest BCUT2D eigenvalue weighted by Crippen LogP contribution is 2.11. The Bertz CT molecular complexity index is 824. The zero-order valence-corrected chi connectivity index (χ0v) is 12.5. The number of halogens is 1. The van der Waals surface area contributed by atoms with Crippen molar-refractivity contribution < 1.29 is 4.79 Å². The summed E-state index contributed by atoms with van der Waals surface area (Å²) >= 11 is 5.93. The number of nitrogens with zero attached hydrogens (tertiary/aromatic N) is 2. The summed E-state index contributed by atoms with van der Waals surface area (Å²) in [6, 6.07) is 13.3. The number of rotatable bonds is 4. The molecular weight excluding hydrogens is 298 g/mol. The fourth-order valence-corrected chi connectivity index (χ4v) is 2.24. The Hall–Kier alpha value is -2.59. The van der Waals surface area contributed by atoms with Gasteiger partial charge in [-0.15, -0.1) is 0 Å². The van der Waals surface area contributed by atoms with E-state index in [4.69, 9.17) is 11.6 Å². The Morgan fingerprint density at radius 1 is 1.18 bits per heavy atom. The number of carbonyl (C=O) groups excluding carboxylic acids is 1. The first-order chi connectivity index (χ1) is 10.7. The molecule has 110 valence electrons. The molecule has 0 aliphatic rings. The van der Waals surface area contributed by atoms with E-state index in [-0.39, 0.29) is 5.91 Å². The molecule has 2 aromatic heterocycles. The van der Waals surface area contributed by atoms with Gasteiger partial charge in [0.2, 0.25) is 5.91 Å². The van der Waals surface area contributed by atoms with E-state index in [0.717, 1.165) is 16.9 Å². The van der Waals surface area contributed by atoms with Crippen molar-refractivity contribution in [1.29, 1.82) is 0 Å². The van der Waals surface area contributed by atoms with E-state index in [2.05, 4.69) is 10.3 Å². The van der Waals surface area contributed by atoms with Crippen molar-refractivity contribution in [3.05, 3.63) is 77.2 Å². The fraction of sp³-hybridized carbons (Fsp3) is 0.0588. The van der Waals surface area contributed by atoms with Crippen molar-refractivity contribution in [3.63, 3.8) is 0 Å². The van der Waals surface area contributed by atoms with Crippen LogP contribution in [-0.2, 0) is 11.3 Å². The molecule has 0 aliphatic heterocycles. The fourth-order valence-electron chi connectivity index (χ4n) is 2.08. The third kappa shape index (κ3) is 3.54. The zero-order chi connectivity index (χ0) is 15.4. The minimum Gasteiger partial charge on any atom is -0.347 e. The van der Waals surface area contributed by atoms with Gasteiger partial charge in [0.25, 0.3) is 0 Å². The molecule has 1 N–H and O–H groups in total. The lowest BCUT2D eigenvalue weighted by atomic mass is 10.2. The molecule has 4 nitrogen and oxygen atoms in total. The molecule has 0 atom stereocenters. The van der Waals surface area contributed by atoms with Gasteiger partial charge >= 0.3 is 0 Å². The maximum Gasteiger partial charge on any atom is 0.244 e. The molecule has 5 heteroatoms. The average molecular weight is 312 g/mol. The summed E-state index contributed by atoms with van der Waals surface area (Å²) in [7, 11) is 0. The zero-order valence-electron chi connectivity index (χ0n) is 11.7. The Kier molecular flexibility index (Phi) is 4.21. The molecule has 0 spiro atoms. The molecule has 1 amide bonds. The van der Waals surface area contributed by atoms with E-state index in [1.54, 1.807) is 18.3 Å². The van der Waals surface area contributed by atoms with Crippen LogP contribution in [0, 0.1) is 0 Å². The number of hydrogen-bond acceptors (Lipinski definition) is 2. The van der Waals surface area contributed by atoms with E-state index in [0.29, 0.717) is 11.6 Å². The Balaban J connectivity index is 1.61. The van der Waals surface area contributed by atoms with Crippen LogP contribution >= 0.6 is 11.6 Å². The molecule has 0 bridgehead atoms. The van der Waals surface area contributed by atoms with Crippen LogP contribution in [0.4, 0.5) is 0 Å². The standard InChI is InChI=1S/C17H14ClN3O/c18-14-7-8-16-20-15(12-21(16)11-14)10-19-17(22)9-6-13-4-2-1-3-5-13/h1-9,11-12H,10H2,(H,19,22)/b9-6+. The average Bonchev–Trinajstić information content (AvgIpc) is 2.94. The summed E-state index contributed by atoms with van der Waals surface area (Å²) < 4.78 is 1.84. The van der Waals surface area contributed by atoms with E-state index >= 15 is 0 Å². The highest BCUT2D eigenvalue weighted by atomic mass is 35.5. The van der Waals surface area contributed by atoms with Gasteiger partial charge in [0.05, 0.1) is 17.3 Å². The normalized spacial score (nSPS) is 11.1. The van der Waals surface area contributed by atoms with Gasteiger partial charge in [0.1, 0.15) is 5.65 Å². The first-order valence-electron chi connectivity index (χ1n) is 6.85. The highest BCUT2D eigenvalue weighted by Gasteiger charge is 2.03. The van der Waals surface area contributed by atoms with Crippen molar-refractivity contribution in [2.75, 3.05) is 0 Å². The lowest BCUT2D eigenvalue weighted by Crippen LogP contribution is -2.20. The van der Waals surface area contributed by atoms with Gasteiger partial charge in [-0.2, -0.15) is 0 Å². The number of amides is 1. The predicted molar refractivity (Wildman–Crippen MR) is 87.5 cm³/mol. The number of aromatic nitrogens is 2. The number of imidazole rings is 1. The van der Waals surface area contributed by atoms with Crippen LogP contribution in [-0.4, -0.2) is 15.3 Å². The van der Waals surface area contributed by atoms with Gasteiger partial charge in [0, 0.05) is 18.5 Å². The Morgan fingerprint density at radius 2 is 2.00 bits per heavy atom. The van der Waals surface area contributed by atoms with Crippen LogP contribution < -0.4 is 5.32 Å². The van der Waals surface area contributed by atoms with Gasteiger partial charge < -0.3 is 9.72 Å². The van der Waals surface area contributed by atoms with Gasteiger partial charge in [-0.3, -0.25) is 4.79 Å². The number of fused-ring (bicyclic) bond motifs is 1. The summed E-state index contributed by atoms with van der Waals surface area (Å²) in [6.07, 6.45) is 6.92. The van der Waals surface area contributed by atoms with Crippen molar-refractivity contribution in [1.82, 2.24) is 14.7 Å². The molecule has 2 heterocycles. The molecule has 22 heavy (non-hydrogen) atoms. The minimum atomic E-state index is -0.154. The maximum absolute atomic E-state index is 11.8. The van der Waals surface area contributed by atoms with Crippen LogP contribution in [0.3, 0.4) is 0 Å². The number of nitrogens with one attached hydrogen (secondary N) is 1. The third-order valence-corrected chi connectivity index (χ3v) is 3.36. The van der Waals surface area contributed by atoms with E-state index < -0.39 is 0 Å². The second-order valence-electron chi connectivity index (χ2n) is 4.81. The summed E-state index contributed by atoms with van der Waals surface area (Å²) in [6.45, 7) is 0.372. The molecule has 1 aromatic carbocycles. The summed E-state index contributed by atoms with van der Waals surface area (Å²) in [5.41, 5.74) is 2.57. The molecule has 0 fully saturated rings. The van der Waals surface area contributed by atoms with Gasteiger partial charge in [-0.1, -0.05) is 41.9 Å². The van der Waals surface area contributed by atoms with Crippen molar-refractivity contribution in [2.45, 2.75) is 6.54 Å². The molecule has 0 radical (unpaired) electrons. The lowest BCUT2D eigenvalue weighted by molar-refractivity contribution is -0.116. The van der Waals surface area contributed by atoms with Crippen LogP contribution in [0.2, 0.25) is 5.02 Å². The first-order valence-corrected chi connectivity index (χ1v) is 7.22. The Labute approximate surface area is 133 Å². The van der Waals surface area contributed by atoms with Crippen LogP contribution in [0.25, 0.3) is 11.7 Å². The smallest absolute Gasteiger partial charge is 0.244 e. The van der Waals surface area contributed by atoms with Gasteiger partial charge in [0.15, 0.2) is 0 Å². The minimum absolute atomic E-state index is 0.154. The van der Waals surface area contributed by atoms with Crippen LogP contribution in [0.15, 0.2) is 60.9 Å². The molecule has 3 aromatic rings. The van der Waals surface area contributed by atoms with Crippen molar-refractivity contribution in [3.8, 4) is 0 Å². The number of carbonyl (C=O) groups is 1. The van der Waals surface area contributed by atoms with Crippen molar-refractivity contribution >= 4 is 29.2 Å². The summed E-state index contributed by atoms with van der Waals surface area (Å²) in [5, 5.41) is 3.45. The van der Waals surface area contributed by atoms with E-state index in [9.17, 15) is 4.79 Å². The third-order valence-electron chi connectivity index (χ3n) is 3.14.